The molecular formula is C23H16N4O3. The van der Waals surface area contributed by atoms with Crippen LogP contribution in [0.4, 0.5) is 0 Å². The van der Waals surface area contributed by atoms with Gasteiger partial charge in [-0.15, -0.1) is 10.2 Å². The first-order valence-electron chi connectivity index (χ1n) is 9.36. The lowest BCUT2D eigenvalue weighted by molar-refractivity contribution is 0.302. The molecule has 0 atom stereocenters. The molecule has 0 aliphatic heterocycles. The van der Waals surface area contributed by atoms with Crippen molar-refractivity contribution in [1.29, 1.82) is 0 Å². The van der Waals surface area contributed by atoms with E-state index in [2.05, 4.69) is 15.2 Å². The van der Waals surface area contributed by atoms with Crippen LogP contribution >= 0.6 is 0 Å². The molecule has 0 bridgehead atoms. The monoisotopic (exact) mass is 396 g/mol. The van der Waals surface area contributed by atoms with E-state index in [0.717, 1.165) is 5.56 Å². The first-order valence-corrected chi connectivity index (χ1v) is 9.36. The van der Waals surface area contributed by atoms with Gasteiger partial charge in [-0.1, -0.05) is 36.4 Å². The van der Waals surface area contributed by atoms with Gasteiger partial charge in [-0.3, -0.25) is 9.20 Å². The van der Waals surface area contributed by atoms with Gasteiger partial charge < -0.3 is 9.15 Å². The predicted octanol–water partition coefficient (Wildman–Crippen LogP) is 3.99. The van der Waals surface area contributed by atoms with Gasteiger partial charge in [0, 0.05) is 17.8 Å². The fourth-order valence-corrected chi connectivity index (χ4v) is 3.13. The second kappa shape index (κ2) is 7.63. The number of hydrogen-bond acceptors (Lipinski definition) is 6. The first kappa shape index (κ1) is 17.8. The molecule has 0 saturated carbocycles. The van der Waals surface area contributed by atoms with Crippen LogP contribution in [0, 0.1) is 0 Å². The van der Waals surface area contributed by atoms with Crippen molar-refractivity contribution in [2.45, 2.75) is 6.61 Å². The molecule has 0 saturated heterocycles. The van der Waals surface area contributed by atoms with E-state index < -0.39 is 0 Å². The van der Waals surface area contributed by atoms with Crippen LogP contribution in [0.1, 0.15) is 5.69 Å². The van der Waals surface area contributed by atoms with Crippen molar-refractivity contribution in [3.8, 4) is 28.7 Å². The molecule has 5 aromatic rings. The van der Waals surface area contributed by atoms with Crippen LogP contribution in [-0.2, 0) is 6.61 Å². The van der Waals surface area contributed by atoms with Crippen LogP contribution in [0.2, 0.25) is 0 Å². The van der Waals surface area contributed by atoms with E-state index in [1.165, 1.54) is 10.5 Å². The Bertz CT molecular complexity index is 1380. The molecule has 0 N–H and O–H groups in total. The minimum atomic E-state index is -0.156. The Morgan fingerprint density at radius 1 is 0.867 bits per heavy atom. The molecule has 0 aliphatic carbocycles. The molecule has 7 nitrogen and oxygen atoms in total. The second-order valence-corrected chi connectivity index (χ2v) is 6.58. The summed E-state index contributed by atoms with van der Waals surface area (Å²) in [6.07, 6.45) is 1.69. The van der Waals surface area contributed by atoms with Gasteiger partial charge >= 0.3 is 0 Å². The lowest BCUT2D eigenvalue weighted by atomic mass is 10.2. The number of benzene rings is 2. The van der Waals surface area contributed by atoms with Crippen molar-refractivity contribution in [3.63, 3.8) is 0 Å². The smallest absolute Gasteiger partial charge is 0.258 e. The van der Waals surface area contributed by atoms with Gasteiger partial charge in [-0.05, 0) is 36.4 Å². The lowest BCUT2D eigenvalue weighted by Gasteiger charge is -2.09. The largest absolute Gasteiger partial charge is 0.486 e. The Hall–Kier alpha value is -4.26. The van der Waals surface area contributed by atoms with Gasteiger partial charge in [0.25, 0.3) is 11.4 Å². The van der Waals surface area contributed by atoms with E-state index in [9.17, 15) is 4.79 Å². The standard InChI is InChI=1S/C23H16N4O3/c28-21-14-17(24-20-12-6-7-13-27(20)21)15-29-19-11-5-4-10-18(19)23-26-25-22(30-23)16-8-2-1-3-9-16/h1-14H,15H2. The highest BCUT2D eigenvalue weighted by Gasteiger charge is 2.15. The van der Waals surface area contributed by atoms with Gasteiger partial charge in [0.05, 0.1) is 11.3 Å². The van der Waals surface area contributed by atoms with Crippen LogP contribution in [0.25, 0.3) is 28.6 Å². The number of aromatic nitrogens is 4. The normalized spacial score (nSPS) is 10.9. The Morgan fingerprint density at radius 3 is 2.53 bits per heavy atom. The maximum atomic E-state index is 12.3. The molecule has 2 aromatic carbocycles. The van der Waals surface area contributed by atoms with Crippen LogP contribution in [0.15, 0.2) is 94.3 Å². The minimum absolute atomic E-state index is 0.136. The van der Waals surface area contributed by atoms with Crippen LogP contribution in [-0.4, -0.2) is 19.6 Å². The molecule has 5 rings (SSSR count). The molecule has 0 spiro atoms. The van der Waals surface area contributed by atoms with Crippen LogP contribution < -0.4 is 10.3 Å². The molecule has 0 radical (unpaired) electrons. The van der Waals surface area contributed by atoms with Crippen molar-refractivity contribution in [3.05, 3.63) is 101 Å². The number of pyridine rings is 1. The molecule has 3 heterocycles. The predicted molar refractivity (Wildman–Crippen MR) is 111 cm³/mol. The maximum absolute atomic E-state index is 12.3. The maximum Gasteiger partial charge on any atom is 0.258 e. The zero-order valence-electron chi connectivity index (χ0n) is 15.8. The molecule has 0 amide bonds. The van der Waals surface area contributed by atoms with Crippen molar-refractivity contribution in [2.75, 3.05) is 0 Å². The van der Waals surface area contributed by atoms with Crippen molar-refractivity contribution in [1.82, 2.24) is 19.6 Å². The number of fused-ring (bicyclic) bond motifs is 1. The van der Waals surface area contributed by atoms with Crippen molar-refractivity contribution < 1.29 is 9.15 Å². The SMILES string of the molecule is O=c1cc(COc2ccccc2-c2nnc(-c3ccccc3)o2)nc2ccccn12. The van der Waals surface area contributed by atoms with Gasteiger partial charge in [0.15, 0.2) is 0 Å². The van der Waals surface area contributed by atoms with E-state index in [-0.39, 0.29) is 12.2 Å². The molecule has 3 aromatic heterocycles. The van der Waals surface area contributed by atoms with Crippen LogP contribution in [0.5, 0.6) is 5.75 Å². The van der Waals surface area contributed by atoms with Crippen LogP contribution in [0.3, 0.4) is 0 Å². The molecule has 30 heavy (non-hydrogen) atoms. The third-order valence-corrected chi connectivity index (χ3v) is 4.56. The number of ether oxygens (including phenoxy) is 1. The summed E-state index contributed by atoms with van der Waals surface area (Å²) in [5, 5.41) is 8.31. The first-order chi connectivity index (χ1) is 14.8. The van der Waals surface area contributed by atoms with Gasteiger partial charge in [-0.25, -0.2) is 4.98 Å². The Kier molecular flexibility index (Phi) is 4.53. The molecule has 0 unspecified atom stereocenters. The van der Waals surface area contributed by atoms with Crippen molar-refractivity contribution >= 4 is 5.65 Å². The highest BCUT2D eigenvalue weighted by atomic mass is 16.5. The number of para-hydroxylation sites is 1. The summed E-state index contributed by atoms with van der Waals surface area (Å²) in [5.41, 5.74) is 2.47. The van der Waals surface area contributed by atoms with Gasteiger partial charge in [0.2, 0.25) is 5.89 Å². The zero-order chi connectivity index (χ0) is 20.3. The quantitative estimate of drug-likeness (QED) is 0.447. The minimum Gasteiger partial charge on any atom is -0.486 e. The molecule has 146 valence electrons. The summed E-state index contributed by atoms with van der Waals surface area (Å²) in [6.45, 7) is 0.136. The summed E-state index contributed by atoms with van der Waals surface area (Å²) in [4.78, 5) is 16.8. The summed E-state index contributed by atoms with van der Waals surface area (Å²) in [7, 11) is 0. The zero-order valence-corrected chi connectivity index (χ0v) is 15.8. The van der Waals surface area contributed by atoms with Gasteiger partial charge in [0.1, 0.15) is 18.0 Å². The average Bonchev–Trinajstić information content (AvgIpc) is 3.29. The fourth-order valence-electron chi connectivity index (χ4n) is 3.13. The summed E-state index contributed by atoms with van der Waals surface area (Å²) in [5.74, 6) is 1.36. The highest BCUT2D eigenvalue weighted by Crippen LogP contribution is 2.31. The summed E-state index contributed by atoms with van der Waals surface area (Å²) < 4.78 is 13.3. The number of rotatable bonds is 5. The molecular weight excluding hydrogens is 380 g/mol. The number of hydrogen-bond donors (Lipinski definition) is 0. The summed E-state index contributed by atoms with van der Waals surface area (Å²) in [6, 6.07) is 23.8. The van der Waals surface area contributed by atoms with E-state index in [1.54, 1.807) is 18.3 Å². The highest BCUT2D eigenvalue weighted by molar-refractivity contribution is 5.64. The number of nitrogens with zero attached hydrogens (tertiary/aromatic N) is 4. The molecule has 0 aliphatic rings. The molecule has 0 fully saturated rings. The third-order valence-electron chi connectivity index (χ3n) is 4.56. The Morgan fingerprint density at radius 2 is 1.63 bits per heavy atom. The lowest BCUT2D eigenvalue weighted by Crippen LogP contribution is -2.16. The summed E-state index contributed by atoms with van der Waals surface area (Å²) >= 11 is 0. The molecule has 7 heteroatoms. The van der Waals surface area contributed by atoms with Crippen molar-refractivity contribution in [2.24, 2.45) is 0 Å². The third kappa shape index (κ3) is 3.44. The van der Waals surface area contributed by atoms with E-state index in [1.807, 2.05) is 60.7 Å². The van der Waals surface area contributed by atoms with E-state index in [0.29, 0.717) is 34.4 Å². The topological polar surface area (TPSA) is 82.5 Å². The van der Waals surface area contributed by atoms with E-state index >= 15 is 0 Å². The average molecular weight is 396 g/mol. The fraction of sp³-hybridized carbons (Fsp3) is 0.0435. The van der Waals surface area contributed by atoms with E-state index in [4.69, 9.17) is 9.15 Å². The van der Waals surface area contributed by atoms with Gasteiger partial charge in [-0.2, -0.15) is 0 Å². The Balaban J connectivity index is 1.42. The Labute approximate surface area is 171 Å². The second-order valence-electron chi connectivity index (χ2n) is 6.58.